The zero-order chi connectivity index (χ0) is 24.1. The first-order valence-electron chi connectivity index (χ1n) is 10.1. The van der Waals surface area contributed by atoms with Gasteiger partial charge in [0.2, 0.25) is 0 Å². The Morgan fingerprint density at radius 3 is 2.35 bits per heavy atom. The van der Waals surface area contributed by atoms with Crippen molar-refractivity contribution in [3.8, 4) is 11.5 Å². The number of imide groups is 1. The SMILES string of the molecule is O=C(Oc1ccc(/C=C2\SC(=O)N(CCOc3ccc(Cl)cc3)C2=O)cc1)c1ccccc1I. The summed E-state index contributed by atoms with van der Waals surface area (Å²) in [5.41, 5.74) is 1.19. The summed E-state index contributed by atoms with van der Waals surface area (Å²) >= 11 is 8.81. The fourth-order valence-corrected chi connectivity index (χ4v) is 4.65. The predicted octanol–water partition coefficient (Wildman–Crippen LogP) is 6.28. The molecule has 172 valence electrons. The summed E-state index contributed by atoms with van der Waals surface area (Å²) in [7, 11) is 0. The van der Waals surface area contributed by atoms with E-state index in [9.17, 15) is 14.4 Å². The Labute approximate surface area is 219 Å². The molecule has 4 rings (SSSR count). The minimum Gasteiger partial charge on any atom is -0.492 e. The van der Waals surface area contributed by atoms with Crippen LogP contribution in [0.15, 0.2) is 77.7 Å². The van der Waals surface area contributed by atoms with Crippen molar-refractivity contribution >= 4 is 69.1 Å². The topological polar surface area (TPSA) is 72.9 Å². The first-order chi connectivity index (χ1) is 16.4. The number of thioether (sulfide) groups is 1. The van der Waals surface area contributed by atoms with Crippen molar-refractivity contribution in [3.63, 3.8) is 0 Å². The molecule has 34 heavy (non-hydrogen) atoms. The van der Waals surface area contributed by atoms with Crippen LogP contribution in [-0.4, -0.2) is 35.2 Å². The number of ether oxygens (including phenoxy) is 2. The van der Waals surface area contributed by atoms with Crippen molar-refractivity contribution in [2.24, 2.45) is 0 Å². The van der Waals surface area contributed by atoms with Gasteiger partial charge in [0.25, 0.3) is 11.1 Å². The van der Waals surface area contributed by atoms with Crippen molar-refractivity contribution in [2.45, 2.75) is 0 Å². The number of carbonyl (C=O) groups is 3. The number of rotatable bonds is 7. The summed E-state index contributed by atoms with van der Waals surface area (Å²) in [5.74, 6) is 0.174. The second-order valence-corrected chi connectivity index (χ2v) is 9.67. The number of halogens is 2. The van der Waals surface area contributed by atoms with Gasteiger partial charge in [0.05, 0.1) is 17.0 Å². The highest BCUT2D eigenvalue weighted by Crippen LogP contribution is 2.32. The molecule has 6 nitrogen and oxygen atoms in total. The first-order valence-corrected chi connectivity index (χ1v) is 12.4. The van der Waals surface area contributed by atoms with Crippen LogP contribution in [0.25, 0.3) is 6.08 Å². The van der Waals surface area contributed by atoms with Gasteiger partial charge in [0, 0.05) is 8.59 Å². The number of esters is 1. The van der Waals surface area contributed by atoms with E-state index in [-0.39, 0.29) is 24.3 Å². The average molecular weight is 606 g/mol. The highest BCUT2D eigenvalue weighted by Gasteiger charge is 2.34. The highest BCUT2D eigenvalue weighted by atomic mass is 127. The lowest BCUT2D eigenvalue weighted by molar-refractivity contribution is -0.123. The third-order valence-corrected chi connectivity index (χ3v) is 6.85. The van der Waals surface area contributed by atoms with Crippen LogP contribution in [0.3, 0.4) is 0 Å². The standard InChI is InChI=1S/C25H17ClINO5S/c26-17-7-11-18(12-8-17)32-14-13-28-23(29)22(34-25(28)31)15-16-5-9-19(10-6-16)33-24(30)20-3-1-2-4-21(20)27/h1-12,15H,13-14H2/b22-15-. The van der Waals surface area contributed by atoms with Crippen LogP contribution in [-0.2, 0) is 4.79 Å². The Hall–Kier alpha value is -2.82. The molecule has 0 atom stereocenters. The number of hydrogen-bond donors (Lipinski definition) is 0. The van der Waals surface area contributed by atoms with Gasteiger partial charge < -0.3 is 9.47 Å². The molecule has 0 bridgehead atoms. The summed E-state index contributed by atoms with van der Waals surface area (Å²) in [6.07, 6.45) is 1.64. The summed E-state index contributed by atoms with van der Waals surface area (Å²) in [6.45, 7) is 0.311. The third-order valence-electron chi connectivity index (χ3n) is 4.75. The van der Waals surface area contributed by atoms with Crippen LogP contribution in [0.4, 0.5) is 4.79 Å². The first kappa shape index (κ1) is 24.3. The van der Waals surface area contributed by atoms with Gasteiger partial charge in [-0.2, -0.15) is 0 Å². The molecule has 3 aromatic rings. The van der Waals surface area contributed by atoms with E-state index in [1.165, 1.54) is 0 Å². The normalized spacial score (nSPS) is 14.5. The number of nitrogens with zero attached hydrogens (tertiary/aromatic N) is 1. The van der Waals surface area contributed by atoms with Gasteiger partial charge >= 0.3 is 5.97 Å². The lowest BCUT2D eigenvalue weighted by Gasteiger charge is -2.13. The van der Waals surface area contributed by atoms with Crippen molar-refractivity contribution in [2.75, 3.05) is 13.2 Å². The monoisotopic (exact) mass is 605 g/mol. The van der Waals surface area contributed by atoms with E-state index in [4.69, 9.17) is 21.1 Å². The molecule has 0 radical (unpaired) electrons. The molecule has 1 saturated heterocycles. The van der Waals surface area contributed by atoms with Crippen LogP contribution in [0, 0.1) is 3.57 Å². The minimum absolute atomic E-state index is 0.137. The van der Waals surface area contributed by atoms with E-state index < -0.39 is 5.97 Å². The van der Waals surface area contributed by atoms with E-state index >= 15 is 0 Å². The van der Waals surface area contributed by atoms with Crippen LogP contribution < -0.4 is 9.47 Å². The van der Waals surface area contributed by atoms with E-state index in [2.05, 4.69) is 22.6 Å². The fourth-order valence-electron chi connectivity index (χ4n) is 3.05. The van der Waals surface area contributed by atoms with Crippen LogP contribution in [0.5, 0.6) is 11.5 Å². The Morgan fingerprint density at radius 2 is 1.65 bits per heavy atom. The molecule has 0 N–H and O–H groups in total. The molecule has 9 heteroatoms. The van der Waals surface area contributed by atoms with Gasteiger partial charge in [-0.1, -0.05) is 35.9 Å². The van der Waals surface area contributed by atoms with Crippen LogP contribution in [0.2, 0.25) is 5.02 Å². The largest absolute Gasteiger partial charge is 0.492 e. The molecule has 2 amide bonds. The fraction of sp³-hybridized carbons (Fsp3) is 0.0800. The van der Waals surface area contributed by atoms with Gasteiger partial charge in [-0.15, -0.1) is 0 Å². The molecule has 3 aromatic carbocycles. The van der Waals surface area contributed by atoms with Crippen molar-refractivity contribution in [3.05, 3.63) is 97.4 Å². The van der Waals surface area contributed by atoms with Gasteiger partial charge in [-0.05, 0) is 94.5 Å². The van der Waals surface area contributed by atoms with Crippen molar-refractivity contribution in [1.29, 1.82) is 0 Å². The van der Waals surface area contributed by atoms with Crippen molar-refractivity contribution in [1.82, 2.24) is 4.90 Å². The molecule has 0 saturated carbocycles. The van der Waals surface area contributed by atoms with Gasteiger partial charge in [-0.25, -0.2) is 4.79 Å². The maximum Gasteiger partial charge on any atom is 0.344 e. The van der Waals surface area contributed by atoms with E-state index in [0.717, 1.165) is 20.2 Å². The predicted molar refractivity (Wildman–Crippen MR) is 140 cm³/mol. The van der Waals surface area contributed by atoms with Gasteiger partial charge in [-0.3, -0.25) is 14.5 Å². The molecule has 0 spiro atoms. The zero-order valence-electron chi connectivity index (χ0n) is 17.6. The number of carbonyl (C=O) groups excluding carboxylic acids is 3. The molecule has 0 unspecified atom stereocenters. The van der Waals surface area contributed by atoms with Crippen LogP contribution >= 0.6 is 46.0 Å². The molecular formula is C25H17ClINO5S. The maximum atomic E-state index is 12.7. The summed E-state index contributed by atoms with van der Waals surface area (Å²) in [4.78, 5) is 38.8. The summed E-state index contributed by atoms with van der Waals surface area (Å²) in [5, 5.41) is 0.250. The molecular weight excluding hydrogens is 589 g/mol. The highest BCUT2D eigenvalue weighted by molar-refractivity contribution is 14.1. The van der Waals surface area contributed by atoms with Crippen molar-refractivity contribution < 1.29 is 23.9 Å². The molecule has 1 heterocycles. The Bertz CT molecular complexity index is 1260. The number of amides is 2. The smallest absolute Gasteiger partial charge is 0.344 e. The second kappa shape index (κ2) is 11.1. The summed E-state index contributed by atoms with van der Waals surface area (Å²) < 4.78 is 11.8. The third kappa shape index (κ3) is 5.99. The molecule has 1 aliphatic heterocycles. The van der Waals surface area contributed by atoms with E-state index in [1.54, 1.807) is 66.7 Å². The zero-order valence-corrected chi connectivity index (χ0v) is 21.3. The van der Waals surface area contributed by atoms with Crippen LogP contribution in [0.1, 0.15) is 15.9 Å². The van der Waals surface area contributed by atoms with Gasteiger partial charge in [0.1, 0.15) is 18.1 Å². The summed E-state index contributed by atoms with van der Waals surface area (Å²) in [6, 6.07) is 20.7. The Kier molecular flexibility index (Phi) is 7.91. The molecule has 0 aromatic heterocycles. The second-order valence-electron chi connectivity index (χ2n) is 7.07. The Morgan fingerprint density at radius 1 is 0.971 bits per heavy atom. The number of benzene rings is 3. The quantitative estimate of drug-likeness (QED) is 0.137. The molecule has 1 aliphatic rings. The van der Waals surface area contributed by atoms with E-state index in [1.807, 2.05) is 12.1 Å². The lowest BCUT2D eigenvalue weighted by atomic mass is 10.2. The molecule has 1 fully saturated rings. The average Bonchev–Trinajstić information content (AvgIpc) is 3.09. The maximum absolute atomic E-state index is 12.7. The molecule has 0 aliphatic carbocycles. The number of hydrogen-bond acceptors (Lipinski definition) is 6. The lowest BCUT2D eigenvalue weighted by Crippen LogP contribution is -2.32. The van der Waals surface area contributed by atoms with Gasteiger partial charge in [0.15, 0.2) is 0 Å². The van der Waals surface area contributed by atoms with E-state index in [0.29, 0.717) is 32.6 Å². The minimum atomic E-state index is -0.445. The Balaban J connectivity index is 1.35.